The Morgan fingerprint density at radius 2 is 2.00 bits per heavy atom. The van der Waals surface area contributed by atoms with Gasteiger partial charge in [0.25, 0.3) is 0 Å². The number of nitrogens with one attached hydrogen (secondary N) is 1. The fraction of sp³-hybridized carbons (Fsp3) is 0.250. The third-order valence-electron chi connectivity index (χ3n) is 4.37. The Kier molecular flexibility index (Phi) is 5.09. The molecular formula is C20H21N5O3. The minimum absolute atomic E-state index is 0.160. The van der Waals surface area contributed by atoms with Crippen LogP contribution in [0.15, 0.2) is 55.0 Å². The fourth-order valence-electron chi connectivity index (χ4n) is 2.94. The van der Waals surface area contributed by atoms with Gasteiger partial charge < -0.3 is 19.7 Å². The summed E-state index contributed by atoms with van der Waals surface area (Å²) in [6.45, 7) is 1.98. The molecule has 0 aliphatic carbocycles. The van der Waals surface area contributed by atoms with E-state index < -0.39 is 0 Å². The minimum atomic E-state index is -0.160. The van der Waals surface area contributed by atoms with Crippen molar-refractivity contribution in [2.75, 3.05) is 20.3 Å². The van der Waals surface area contributed by atoms with Crippen LogP contribution in [0.1, 0.15) is 11.1 Å². The molecule has 0 saturated carbocycles. The SMILES string of the molecule is CN(Cc1ccc2c(c1)OCCO2)C(=O)NCc1ccnc(-n2cccn2)c1. The van der Waals surface area contributed by atoms with E-state index in [0.29, 0.717) is 32.1 Å². The Hall–Kier alpha value is -3.55. The first-order valence-electron chi connectivity index (χ1n) is 9.01. The fourth-order valence-corrected chi connectivity index (χ4v) is 2.94. The first-order valence-corrected chi connectivity index (χ1v) is 9.01. The summed E-state index contributed by atoms with van der Waals surface area (Å²) in [4.78, 5) is 18.4. The zero-order valence-electron chi connectivity index (χ0n) is 15.5. The van der Waals surface area contributed by atoms with Gasteiger partial charge in [-0.25, -0.2) is 14.5 Å². The Balaban J connectivity index is 1.34. The van der Waals surface area contributed by atoms with E-state index >= 15 is 0 Å². The summed E-state index contributed by atoms with van der Waals surface area (Å²) in [5, 5.41) is 7.10. The second-order valence-corrected chi connectivity index (χ2v) is 6.47. The van der Waals surface area contributed by atoms with Gasteiger partial charge in [0, 0.05) is 38.7 Å². The predicted octanol–water partition coefficient (Wildman–Crippen LogP) is 2.38. The van der Waals surface area contributed by atoms with Gasteiger partial charge in [-0.15, -0.1) is 0 Å². The van der Waals surface area contributed by atoms with Crippen molar-refractivity contribution in [3.05, 3.63) is 66.1 Å². The summed E-state index contributed by atoms with van der Waals surface area (Å²) in [6.07, 6.45) is 5.23. The normalized spacial score (nSPS) is 12.5. The Bertz CT molecular complexity index is 958. The molecule has 3 aromatic rings. The summed E-state index contributed by atoms with van der Waals surface area (Å²) < 4.78 is 12.8. The van der Waals surface area contributed by atoms with E-state index in [1.807, 2.05) is 42.6 Å². The monoisotopic (exact) mass is 379 g/mol. The number of urea groups is 1. The molecule has 0 unspecified atom stereocenters. The van der Waals surface area contributed by atoms with Gasteiger partial charge in [0.2, 0.25) is 0 Å². The Morgan fingerprint density at radius 1 is 1.14 bits per heavy atom. The van der Waals surface area contributed by atoms with Crippen LogP contribution in [0.25, 0.3) is 5.82 Å². The number of nitrogens with zero attached hydrogens (tertiary/aromatic N) is 4. The van der Waals surface area contributed by atoms with Crippen LogP contribution < -0.4 is 14.8 Å². The van der Waals surface area contributed by atoms with E-state index in [1.165, 1.54) is 0 Å². The van der Waals surface area contributed by atoms with E-state index in [0.717, 1.165) is 22.6 Å². The van der Waals surface area contributed by atoms with Crippen LogP contribution in [0.2, 0.25) is 0 Å². The maximum atomic E-state index is 12.4. The lowest BCUT2D eigenvalue weighted by Gasteiger charge is -2.21. The number of fused-ring (bicyclic) bond motifs is 1. The van der Waals surface area contributed by atoms with Gasteiger partial charge in [0.15, 0.2) is 17.3 Å². The summed E-state index contributed by atoms with van der Waals surface area (Å²) in [5.41, 5.74) is 1.92. The maximum absolute atomic E-state index is 12.4. The van der Waals surface area contributed by atoms with Crippen molar-refractivity contribution in [3.8, 4) is 17.3 Å². The van der Waals surface area contributed by atoms with E-state index in [2.05, 4.69) is 15.4 Å². The molecule has 0 fully saturated rings. The molecule has 1 aliphatic rings. The van der Waals surface area contributed by atoms with Gasteiger partial charge in [-0.3, -0.25) is 0 Å². The van der Waals surface area contributed by atoms with Gasteiger partial charge in [0.05, 0.1) is 0 Å². The number of carbonyl (C=O) groups excluding carboxylic acids is 1. The Labute approximate surface area is 162 Å². The first-order chi connectivity index (χ1) is 13.7. The van der Waals surface area contributed by atoms with Crippen LogP contribution in [0.4, 0.5) is 4.79 Å². The van der Waals surface area contributed by atoms with Crippen molar-refractivity contribution in [1.82, 2.24) is 25.0 Å². The number of pyridine rings is 1. The molecule has 144 valence electrons. The Morgan fingerprint density at radius 3 is 2.82 bits per heavy atom. The molecule has 8 nitrogen and oxygen atoms in total. The molecule has 8 heteroatoms. The van der Waals surface area contributed by atoms with Gasteiger partial charge in [-0.2, -0.15) is 5.10 Å². The molecular weight excluding hydrogens is 358 g/mol. The third kappa shape index (κ3) is 4.06. The van der Waals surface area contributed by atoms with Crippen molar-refractivity contribution in [2.24, 2.45) is 0 Å². The molecule has 4 rings (SSSR count). The van der Waals surface area contributed by atoms with Gasteiger partial charge in [0.1, 0.15) is 13.2 Å². The zero-order valence-corrected chi connectivity index (χ0v) is 15.5. The second-order valence-electron chi connectivity index (χ2n) is 6.47. The molecule has 0 bridgehead atoms. The molecule has 0 saturated heterocycles. The van der Waals surface area contributed by atoms with E-state index in [-0.39, 0.29) is 6.03 Å². The lowest BCUT2D eigenvalue weighted by Crippen LogP contribution is -2.36. The summed E-state index contributed by atoms with van der Waals surface area (Å²) >= 11 is 0. The topological polar surface area (TPSA) is 81.5 Å². The van der Waals surface area contributed by atoms with Crippen molar-refractivity contribution in [2.45, 2.75) is 13.1 Å². The number of hydrogen-bond donors (Lipinski definition) is 1. The number of benzene rings is 1. The average Bonchev–Trinajstić information content (AvgIpc) is 3.27. The van der Waals surface area contributed by atoms with Crippen LogP contribution in [0.5, 0.6) is 11.5 Å². The smallest absolute Gasteiger partial charge is 0.317 e. The molecule has 0 atom stereocenters. The highest BCUT2D eigenvalue weighted by Crippen LogP contribution is 2.31. The molecule has 3 heterocycles. The second kappa shape index (κ2) is 7.99. The highest BCUT2D eigenvalue weighted by atomic mass is 16.6. The zero-order chi connectivity index (χ0) is 19.3. The van der Waals surface area contributed by atoms with Crippen molar-refractivity contribution in [1.29, 1.82) is 0 Å². The average molecular weight is 379 g/mol. The molecule has 2 aromatic heterocycles. The van der Waals surface area contributed by atoms with Crippen LogP contribution in [-0.2, 0) is 13.1 Å². The van der Waals surface area contributed by atoms with Crippen LogP contribution >= 0.6 is 0 Å². The summed E-state index contributed by atoms with van der Waals surface area (Å²) in [7, 11) is 1.76. The van der Waals surface area contributed by atoms with E-state index in [9.17, 15) is 4.79 Å². The van der Waals surface area contributed by atoms with Crippen molar-refractivity contribution >= 4 is 6.03 Å². The van der Waals surface area contributed by atoms with Crippen LogP contribution in [0.3, 0.4) is 0 Å². The molecule has 1 aromatic carbocycles. The predicted molar refractivity (Wildman–Crippen MR) is 102 cm³/mol. The number of amides is 2. The number of hydrogen-bond acceptors (Lipinski definition) is 5. The van der Waals surface area contributed by atoms with Gasteiger partial charge in [-0.05, 0) is 41.5 Å². The standard InChI is InChI=1S/C20H21N5O3/c1-24(14-16-3-4-17-18(11-16)28-10-9-27-17)20(26)22-13-15-5-7-21-19(12-15)25-8-2-6-23-25/h2-8,11-12H,9-10,13-14H2,1H3,(H,22,26). The molecule has 0 radical (unpaired) electrons. The molecule has 2 amide bonds. The highest BCUT2D eigenvalue weighted by molar-refractivity contribution is 5.73. The largest absolute Gasteiger partial charge is 0.486 e. The van der Waals surface area contributed by atoms with Gasteiger partial charge in [-0.1, -0.05) is 6.07 Å². The van der Waals surface area contributed by atoms with Crippen molar-refractivity contribution < 1.29 is 14.3 Å². The van der Waals surface area contributed by atoms with Crippen LogP contribution in [-0.4, -0.2) is 46.0 Å². The number of carbonyl (C=O) groups is 1. The third-order valence-corrected chi connectivity index (χ3v) is 4.37. The number of ether oxygens (including phenoxy) is 2. The highest BCUT2D eigenvalue weighted by Gasteiger charge is 2.14. The summed E-state index contributed by atoms with van der Waals surface area (Å²) in [6, 6.07) is 11.2. The lowest BCUT2D eigenvalue weighted by atomic mass is 10.2. The van der Waals surface area contributed by atoms with E-state index in [4.69, 9.17) is 9.47 Å². The van der Waals surface area contributed by atoms with Crippen molar-refractivity contribution in [3.63, 3.8) is 0 Å². The molecule has 1 N–H and O–H groups in total. The molecule has 1 aliphatic heterocycles. The lowest BCUT2D eigenvalue weighted by molar-refractivity contribution is 0.171. The van der Waals surface area contributed by atoms with E-state index in [1.54, 1.807) is 29.0 Å². The summed E-state index contributed by atoms with van der Waals surface area (Å²) in [5.74, 6) is 2.18. The first kappa shape index (κ1) is 17.8. The number of rotatable bonds is 5. The number of aromatic nitrogens is 3. The maximum Gasteiger partial charge on any atom is 0.317 e. The van der Waals surface area contributed by atoms with Gasteiger partial charge >= 0.3 is 6.03 Å². The quantitative estimate of drug-likeness (QED) is 0.736. The molecule has 0 spiro atoms. The minimum Gasteiger partial charge on any atom is -0.486 e. The van der Waals surface area contributed by atoms with Crippen LogP contribution in [0, 0.1) is 0 Å². The molecule has 28 heavy (non-hydrogen) atoms.